The molecule has 2 aromatic heterocycles. The van der Waals surface area contributed by atoms with Gasteiger partial charge in [0.05, 0.1) is 0 Å². The van der Waals surface area contributed by atoms with Crippen LogP contribution < -0.4 is 5.32 Å². The molecule has 0 bridgehead atoms. The van der Waals surface area contributed by atoms with E-state index in [-0.39, 0.29) is 0 Å². The maximum atomic E-state index is 6.16. The van der Waals surface area contributed by atoms with Gasteiger partial charge in [0.1, 0.15) is 5.65 Å². The topological polar surface area (TPSA) is 46.0 Å². The summed E-state index contributed by atoms with van der Waals surface area (Å²) in [4.78, 5) is 11.9. The number of fused-ring (bicyclic) bond motifs is 1. The van der Waals surface area contributed by atoms with Crippen molar-refractivity contribution < 1.29 is 0 Å². The minimum atomic E-state index is 0.471. The third-order valence-electron chi connectivity index (χ3n) is 7.83. The monoisotopic (exact) mass is 593 g/mol. The van der Waals surface area contributed by atoms with Gasteiger partial charge in [0.2, 0.25) is 5.95 Å². The lowest BCUT2D eigenvalue weighted by atomic mass is 9.95. The molecule has 0 atom stereocenters. The number of hydrogen-bond donors (Lipinski definition) is 1. The highest BCUT2D eigenvalue weighted by Crippen LogP contribution is 2.37. The first-order valence-corrected chi connectivity index (χ1v) is 16.1. The number of halogens is 2. The van der Waals surface area contributed by atoms with Crippen LogP contribution in [0.2, 0.25) is 10.0 Å². The Morgan fingerprint density at radius 2 is 1.63 bits per heavy atom. The Labute approximate surface area is 256 Å². The van der Waals surface area contributed by atoms with Gasteiger partial charge in [-0.25, -0.2) is 4.98 Å². The minimum absolute atomic E-state index is 0.471. The van der Waals surface area contributed by atoms with E-state index in [9.17, 15) is 0 Å². The molecule has 220 valence electrons. The fourth-order valence-electron chi connectivity index (χ4n) is 5.55. The first kappa shape index (κ1) is 31.3. The molecule has 41 heavy (non-hydrogen) atoms. The second-order valence-corrected chi connectivity index (χ2v) is 12.0. The molecule has 5 rings (SSSR count). The average Bonchev–Trinajstić information content (AvgIpc) is 3.35. The molecule has 1 fully saturated rings. The number of benzene rings is 2. The maximum absolute atomic E-state index is 6.16. The standard InChI is InChI=1S/C26H26Cl2N4.C8H19N/c1-2-17-8-10-18(11-9-17)24-16-32(22-6-4-3-5-7-22)25-23(24)15-29-26(31-25)30-21-13-19(27)12-20(28)14-21;1-4-6-8-9(3)7-5-2/h8-16,22H,2-7H2,1H3,(H,29,30,31);4-8H2,1-3H3. The second-order valence-electron chi connectivity index (χ2n) is 11.2. The van der Waals surface area contributed by atoms with Crippen LogP contribution in [0.3, 0.4) is 0 Å². The van der Waals surface area contributed by atoms with Gasteiger partial charge >= 0.3 is 0 Å². The highest BCUT2D eigenvalue weighted by molar-refractivity contribution is 6.35. The average molecular weight is 595 g/mol. The van der Waals surface area contributed by atoms with Crippen molar-refractivity contribution in [3.63, 3.8) is 0 Å². The van der Waals surface area contributed by atoms with Gasteiger partial charge in [0.15, 0.2) is 0 Å². The van der Waals surface area contributed by atoms with Crippen LogP contribution >= 0.6 is 23.2 Å². The van der Waals surface area contributed by atoms with E-state index < -0.39 is 0 Å². The summed E-state index contributed by atoms with van der Waals surface area (Å²) in [6.45, 7) is 9.16. The molecule has 1 N–H and O–H groups in total. The van der Waals surface area contributed by atoms with Crippen LogP contribution in [0.15, 0.2) is 54.9 Å². The molecular formula is C34H45Cl2N5. The number of aromatic nitrogens is 3. The molecule has 0 unspecified atom stereocenters. The molecule has 7 heteroatoms. The Hall–Kier alpha value is -2.60. The molecule has 4 aromatic rings. The lowest BCUT2D eigenvalue weighted by molar-refractivity contribution is 0.329. The molecule has 1 aliphatic carbocycles. The molecule has 1 aliphatic rings. The molecule has 0 amide bonds. The predicted molar refractivity (Wildman–Crippen MR) is 177 cm³/mol. The highest BCUT2D eigenvalue weighted by Gasteiger charge is 2.21. The van der Waals surface area contributed by atoms with Crippen molar-refractivity contribution in [3.8, 4) is 11.1 Å². The third-order valence-corrected chi connectivity index (χ3v) is 8.27. The SMILES string of the molecule is CCCCN(C)CCC.CCc1ccc(-c2cn(C3CCCCC3)c3nc(Nc4cc(Cl)cc(Cl)c4)ncc23)cc1. The quantitative estimate of drug-likeness (QED) is 0.198. The minimum Gasteiger partial charge on any atom is -0.329 e. The normalized spacial score (nSPS) is 13.8. The zero-order chi connectivity index (χ0) is 29.2. The fraction of sp³-hybridized carbons (Fsp3) is 0.471. The Bertz CT molecular complexity index is 1360. The van der Waals surface area contributed by atoms with Crippen LogP contribution in [-0.2, 0) is 6.42 Å². The van der Waals surface area contributed by atoms with E-state index >= 15 is 0 Å². The number of rotatable bonds is 10. The molecule has 0 saturated heterocycles. The molecule has 1 saturated carbocycles. The Morgan fingerprint density at radius 3 is 2.27 bits per heavy atom. The molecule has 0 aliphatic heterocycles. The van der Waals surface area contributed by atoms with Gasteiger partial charge in [-0.1, -0.05) is 93.9 Å². The van der Waals surface area contributed by atoms with Crippen molar-refractivity contribution in [2.24, 2.45) is 0 Å². The summed E-state index contributed by atoms with van der Waals surface area (Å²) in [5.74, 6) is 0.541. The lowest BCUT2D eigenvalue weighted by Crippen LogP contribution is -2.19. The Kier molecular flexibility index (Phi) is 11.9. The summed E-state index contributed by atoms with van der Waals surface area (Å²) in [5, 5.41) is 5.49. The third kappa shape index (κ3) is 8.70. The van der Waals surface area contributed by atoms with E-state index in [1.54, 1.807) is 6.07 Å². The van der Waals surface area contributed by atoms with Gasteiger partial charge in [0.25, 0.3) is 0 Å². The van der Waals surface area contributed by atoms with Gasteiger partial charge in [-0.05, 0) is 81.6 Å². The maximum Gasteiger partial charge on any atom is 0.229 e. The van der Waals surface area contributed by atoms with Gasteiger partial charge in [0, 0.05) is 45.1 Å². The van der Waals surface area contributed by atoms with Crippen molar-refractivity contribution in [1.82, 2.24) is 19.4 Å². The van der Waals surface area contributed by atoms with E-state index in [0.717, 1.165) is 23.1 Å². The number of unbranched alkanes of at least 4 members (excludes halogenated alkanes) is 1. The summed E-state index contributed by atoms with van der Waals surface area (Å²) in [6.07, 6.45) is 15.4. The van der Waals surface area contributed by atoms with Crippen molar-refractivity contribution >= 4 is 45.9 Å². The molecule has 5 nitrogen and oxygen atoms in total. The van der Waals surface area contributed by atoms with Crippen LogP contribution in [0.25, 0.3) is 22.2 Å². The van der Waals surface area contributed by atoms with E-state index in [1.165, 1.54) is 81.1 Å². The molecule has 2 heterocycles. The van der Waals surface area contributed by atoms with Crippen LogP contribution in [-0.4, -0.2) is 39.6 Å². The highest BCUT2D eigenvalue weighted by atomic mass is 35.5. The molecular weight excluding hydrogens is 549 g/mol. The zero-order valence-corrected chi connectivity index (χ0v) is 26.6. The van der Waals surface area contributed by atoms with E-state index in [1.807, 2.05) is 18.3 Å². The zero-order valence-electron chi connectivity index (χ0n) is 25.1. The molecule has 2 aromatic carbocycles. The smallest absolute Gasteiger partial charge is 0.229 e. The van der Waals surface area contributed by atoms with Gasteiger partial charge in [-0.3, -0.25) is 0 Å². The van der Waals surface area contributed by atoms with Crippen LogP contribution in [0.4, 0.5) is 11.6 Å². The summed E-state index contributed by atoms with van der Waals surface area (Å²) in [5.41, 5.74) is 5.47. The van der Waals surface area contributed by atoms with Crippen LogP contribution in [0, 0.1) is 0 Å². The number of nitrogens with one attached hydrogen (secondary N) is 1. The largest absolute Gasteiger partial charge is 0.329 e. The van der Waals surface area contributed by atoms with Crippen molar-refractivity contribution in [2.75, 3.05) is 25.5 Å². The second kappa shape index (κ2) is 15.6. The molecule has 0 spiro atoms. The predicted octanol–water partition coefficient (Wildman–Crippen LogP) is 10.3. The van der Waals surface area contributed by atoms with Crippen molar-refractivity contribution in [2.45, 2.75) is 84.6 Å². The number of anilines is 2. The Balaban J connectivity index is 0.000000374. The number of aryl methyl sites for hydroxylation is 1. The van der Waals surface area contributed by atoms with E-state index in [2.05, 4.69) is 78.0 Å². The van der Waals surface area contributed by atoms with Crippen LogP contribution in [0.5, 0.6) is 0 Å². The molecule has 0 radical (unpaired) electrons. The Morgan fingerprint density at radius 1 is 0.927 bits per heavy atom. The summed E-state index contributed by atoms with van der Waals surface area (Å²) >= 11 is 12.3. The van der Waals surface area contributed by atoms with E-state index in [0.29, 0.717) is 22.0 Å². The van der Waals surface area contributed by atoms with Gasteiger partial charge in [-0.15, -0.1) is 0 Å². The van der Waals surface area contributed by atoms with Gasteiger partial charge in [-0.2, -0.15) is 4.98 Å². The number of hydrogen-bond acceptors (Lipinski definition) is 4. The van der Waals surface area contributed by atoms with Crippen molar-refractivity contribution in [1.29, 1.82) is 0 Å². The van der Waals surface area contributed by atoms with E-state index in [4.69, 9.17) is 28.2 Å². The first-order valence-electron chi connectivity index (χ1n) is 15.3. The first-order chi connectivity index (χ1) is 19.9. The summed E-state index contributed by atoms with van der Waals surface area (Å²) < 4.78 is 2.37. The van der Waals surface area contributed by atoms with Gasteiger partial charge < -0.3 is 14.8 Å². The lowest BCUT2D eigenvalue weighted by Gasteiger charge is -2.23. The summed E-state index contributed by atoms with van der Waals surface area (Å²) in [6, 6.07) is 14.7. The summed E-state index contributed by atoms with van der Waals surface area (Å²) in [7, 11) is 2.19. The number of nitrogens with zero attached hydrogens (tertiary/aromatic N) is 4. The van der Waals surface area contributed by atoms with Crippen LogP contribution in [0.1, 0.15) is 83.7 Å². The van der Waals surface area contributed by atoms with Crippen molar-refractivity contribution in [3.05, 3.63) is 70.5 Å². The fourth-order valence-corrected chi connectivity index (χ4v) is 6.08.